The SMILES string of the molecule is CC(Oc1cccc(Cl)c1)C(=O)OCC(=O)Nc1ccc(Cl)c(S(=O)(=O)N(C)C)c1. The summed E-state index contributed by atoms with van der Waals surface area (Å²) in [5, 5.41) is 2.92. The predicted octanol–water partition coefficient (Wildman–Crippen LogP) is 3.19. The molecule has 0 heterocycles. The summed E-state index contributed by atoms with van der Waals surface area (Å²) >= 11 is 11.8. The van der Waals surface area contributed by atoms with Crippen molar-refractivity contribution in [3.8, 4) is 5.75 Å². The third-order valence-electron chi connectivity index (χ3n) is 3.76. The van der Waals surface area contributed by atoms with Crippen molar-refractivity contribution in [2.24, 2.45) is 0 Å². The van der Waals surface area contributed by atoms with Gasteiger partial charge >= 0.3 is 5.97 Å². The van der Waals surface area contributed by atoms with E-state index < -0.39 is 34.6 Å². The molecule has 0 saturated heterocycles. The molecular formula is C19H20Cl2N2O6S. The van der Waals surface area contributed by atoms with Crippen molar-refractivity contribution in [2.45, 2.75) is 17.9 Å². The summed E-state index contributed by atoms with van der Waals surface area (Å²) in [4.78, 5) is 24.0. The lowest BCUT2D eigenvalue weighted by Crippen LogP contribution is -2.29. The normalized spacial score (nSPS) is 12.3. The lowest BCUT2D eigenvalue weighted by molar-refractivity contribution is -0.153. The first-order valence-corrected chi connectivity index (χ1v) is 10.8. The Morgan fingerprint density at radius 2 is 1.83 bits per heavy atom. The Morgan fingerprint density at radius 1 is 1.13 bits per heavy atom. The second-order valence-electron chi connectivity index (χ2n) is 6.31. The number of carbonyl (C=O) groups excluding carboxylic acids is 2. The molecule has 0 saturated carbocycles. The zero-order chi connectivity index (χ0) is 22.5. The van der Waals surface area contributed by atoms with E-state index in [9.17, 15) is 18.0 Å². The first kappa shape index (κ1) is 23.9. The number of esters is 1. The molecule has 11 heteroatoms. The first-order chi connectivity index (χ1) is 14.0. The van der Waals surface area contributed by atoms with Crippen LogP contribution in [0.3, 0.4) is 0 Å². The second kappa shape index (κ2) is 10.1. The molecule has 0 aliphatic carbocycles. The summed E-state index contributed by atoms with van der Waals surface area (Å²) in [6, 6.07) is 10.5. The van der Waals surface area contributed by atoms with Crippen molar-refractivity contribution < 1.29 is 27.5 Å². The van der Waals surface area contributed by atoms with E-state index in [1.54, 1.807) is 18.2 Å². The number of halogens is 2. The van der Waals surface area contributed by atoms with Gasteiger partial charge in [0.2, 0.25) is 10.0 Å². The number of hydrogen-bond acceptors (Lipinski definition) is 6. The molecule has 2 rings (SSSR count). The maximum absolute atomic E-state index is 12.3. The molecule has 0 spiro atoms. The van der Waals surface area contributed by atoms with Gasteiger partial charge in [-0.3, -0.25) is 4.79 Å². The van der Waals surface area contributed by atoms with Gasteiger partial charge in [-0.2, -0.15) is 0 Å². The van der Waals surface area contributed by atoms with Crippen molar-refractivity contribution in [1.82, 2.24) is 4.31 Å². The summed E-state index contributed by atoms with van der Waals surface area (Å²) in [6.07, 6.45) is -0.969. The van der Waals surface area contributed by atoms with Gasteiger partial charge in [-0.05, 0) is 43.3 Å². The minimum atomic E-state index is -3.80. The Labute approximate surface area is 184 Å². The maximum Gasteiger partial charge on any atom is 0.347 e. The summed E-state index contributed by atoms with van der Waals surface area (Å²) in [5.74, 6) is -1.03. The monoisotopic (exact) mass is 474 g/mol. The van der Waals surface area contributed by atoms with Crippen LogP contribution in [-0.4, -0.2) is 51.4 Å². The standard InChI is InChI=1S/C19H20Cl2N2O6S/c1-12(29-15-6-4-5-13(20)9-15)19(25)28-11-18(24)22-14-7-8-16(21)17(10-14)30(26,27)23(2)3/h4-10,12H,11H2,1-3H3,(H,22,24). The molecule has 0 aliphatic heterocycles. The van der Waals surface area contributed by atoms with Crippen LogP contribution in [0.1, 0.15) is 6.92 Å². The van der Waals surface area contributed by atoms with Crippen LogP contribution < -0.4 is 10.1 Å². The van der Waals surface area contributed by atoms with E-state index >= 15 is 0 Å². The Kier molecular flexibility index (Phi) is 8.08. The first-order valence-electron chi connectivity index (χ1n) is 8.61. The van der Waals surface area contributed by atoms with E-state index in [1.807, 2.05) is 0 Å². The molecule has 162 valence electrons. The highest BCUT2D eigenvalue weighted by Gasteiger charge is 2.22. The van der Waals surface area contributed by atoms with Crippen molar-refractivity contribution in [1.29, 1.82) is 0 Å². The van der Waals surface area contributed by atoms with Gasteiger partial charge in [0.1, 0.15) is 10.6 Å². The lowest BCUT2D eigenvalue weighted by Gasteiger charge is -2.15. The molecule has 30 heavy (non-hydrogen) atoms. The summed E-state index contributed by atoms with van der Waals surface area (Å²) in [7, 11) is -1.07. The Balaban J connectivity index is 1.95. The summed E-state index contributed by atoms with van der Waals surface area (Å²) in [5.41, 5.74) is 0.184. The molecule has 0 aliphatic rings. The molecule has 2 aromatic rings. The average Bonchev–Trinajstić information content (AvgIpc) is 2.67. The van der Waals surface area contributed by atoms with Crippen LogP contribution in [-0.2, 0) is 24.3 Å². The number of ether oxygens (including phenoxy) is 2. The van der Waals surface area contributed by atoms with Crippen molar-refractivity contribution in [3.63, 3.8) is 0 Å². The number of sulfonamides is 1. The maximum atomic E-state index is 12.3. The smallest absolute Gasteiger partial charge is 0.347 e. The fourth-order valence-electron chi connectivity index (χ4n) is 2.22. The quantitative estimate of drug-likeness (QED) is 0.589. The van der Waals surface area contributed by atoms with Gasteiger partial charge in [0.15, 0.2) is 12.7 Å². The van der Waals surface area contributed by atoms with Crippen molar-refractivity contribution in [3.05, 3.63) is 52.5 Å². The molecule has 1 atom stereocenters. The molecule has 0 aromatic heterocycles. The summed E-state index contributed by atoms with van der Waals surface area (Å²) in [6.45, 7) is 0.888. The van der Waals surface area contributed by atoms with Gasteiger partial charge in [-0.15, -0.1) is 0 Å². The van der Waals surface area contributed by atoms with E-state index in [-0.39, 0.29) is 15.6 Å². The highest BCUT2D eigenvalue weighted by molar-refractivity contribution is 7.89. The van der Waals surface area contributed by atoms with Gasteiger partial charge < -0.3 is 14.8 Å². The van der Waals surface area contributed by atoms with Crippen LogP contribution in [0.2, 0.25) is 10.0 Å². The van der Waals surface area contributed by atoms with Gasteiger partial charge in [-0.25, -0.2) is 17.5 Å². The number of rotatable bonds is 8. The van der Waals surface area contributed by atoms with Crippen LogP contribution in [0, 0.1) is 0 Å². The van der Waals surface area contributed by atoms with Crippen molar-refractivity contribution in [2.75, 3.05) is 26.0 Å². The second-order valence-corrected chi connectivity index (χ2v) is 9.27. The van der Waals surface area contributed by atoms with Crippen LogP contribution >= 0.6 is 23.2 Å². The number of carbonyl (C=O) groups is 2. The Morgan fingerprint density at radius 3 is 2.47 bits per heavy atom. The van der Waals surface area contributed by atoms with Crippen LogP contribution in [0.25, 0.3) is 0 Å². The minimum absolute atomic E-state index is 0.0140. The highest BCUT2D eigenvalue weighted by Crippen LogP contribution is 2.26. The Bertz CT molecular complexity index is 1040. The summed E-state index contributed by atoms with van der Waals surface area (Å²) < 4.78 is 35.9. The Hall–Kier alpha value is -2.33. The van der Waals surface area contributed by atoms with E-state index in [0.717, 1.165) is 4.31 Å². The molecule has 2 aromatic carbocycles. The van der Waals surface area contributed by atoms with Crippen LogP contribution in [0.15, 0.2) is 47.4 Å². The predicted molar refractivity (Wildman–Crippen MR) is 113 cm³/mol. The van der Waals surface area contributed by atoms with Gasteiger partial charge in [-0.1, -0.05) is 29.3 Å². The van der Waals surface area contributed by atoms with Gasteiger partial charge in [0.25, 0.3) is 5.91 Å². The van der Waals surface area contributed by atoms with Crippen LogP contribution in [0.5, 0.6) is 5.75 Å². The number of anilines is 1. The third kappa shape index (κ3) is 6.33. The fourth-order valence-corrected chi connectivity index (χ4v) is 3.79. The largest absolute Gasteiger partial charge is 0.479 e. The third-order valence-corrected chi connectivity index (χ3v) is 6.29. The zero-order valence-corrected chi connectivity index (χ0v) is 18.7. The minimum Gasteiger partial charge on any atom is -0.479 e. The zero-order valence-electron chi connectivity index (χ0n) is 16.4. The molecule has 0 fully saturated rings. The molecule has 8 nitrogen and oxygen atoms in total. The average molecular weight is 475 g/mol. The number of amides is 1. The van der Waals surface area contributed by atoms with E-state index in [4.69, 9.17) is 32.7 Å². The van der Waals surface area contributed by atoms with Crippen molar-refractivity contribution >= 4 is 50.8 Å². The topological polar surface area (TPSA) is 102 Å². The lowest BCUT2D eigenvalue weighted by atomic mass is 10.3. The van der Waals surface area contributed by atoms with Gasteiger partial charge in [0.05, 0.1) is 5.02 Å². The van der Waals surface area contributed by atoms with Crippen LogP contribution in [0.4, 0.5) is 5.69 Å². The number of nitrogens with zero attached hydrogens (tertiary/aromatic N) is 1. The molecule has 1 unspecified atom stereocenters. The highest BCUT2D eigenvalue weighted by atomic mass is 35.5. The number of benzene rings is 2. The molecular weight excluding hydrogens is 455 g/mol. The van der Waals surface area contributed by atoms with E-state index in [2.05, 4.69) is 5.32 Å². The number of nitrogens with one attached hydrogen (secondary N) is 1. The molecule has 0 radical (unpaired) electrons. The molecule has 1 amide bonds. The molecule has 1 N–H and O–H groups in total. The fraction of sp³-hybridized carbons (Fsp3) is 0.263. The van der Waals surface area contributed by atoms with E-state index in [0.29, 0.717) is 10.8 Å². The number of hydrogen-bond donors (Lipinski definition) is 1. The van der Waals surface area contributed by atoms with E-state index in [1.165, 1.54) is 45.3 Å². The molecule has 0 bridgehead atoms. The van der Waals surface area contributed by atoms with Gasteiger partial charge in [0, 0.05) is 24.8 Å².